The fourth-order valence-corrected chi connectivity index (χ4v) is 3.27. The number of ether oxygens (including phenoxy) is 1. The van der Waals surface area contributed by atoms with E-state index in [9.17, 15) is 0 Å². The lowest BCUT2D eigenvalue weighted by Crippen LogP contribution is -2.59. The van der Waals surface area contributed by atoms with E-state index in [4.69, 9.17) is 10.5 Å². The van der Waals surface area contributed by atoms with Crippen molar-refractivity contribution in [2.24, 2.45) is 11.7 Å². The largest absolute Gasteiger partial charge is 0.378 e. The molecule has 120 valence electrons. The molecule has 0 saturated carbocycles. The van der Waals surface area contributed by atoms with Crippen LogP contribution >= 0.6 is 0 Å². The number of rotatable bonds is 8. The smallest absolute Gasteiger partial charge is 0.0616 e. The van der Waals surface area contributed by atoms with Crippen LogP contribution in [-0.2, 0) is 4.74 Å². The first kappa shape index (κ1) is 17.9. The molecule has 2 N–H and O–H groups in total. The van der Waals surface area contributed by atoms with E-state index in [1.165, 1.54) is 6.42 Å². The number of hydrogen-bond acceptors (Lipinski definition) is 4. The quantitative estimate of drug-likeness (QED) is 0.738. The average Bonchev–Trinajstić information content (AvgIpc) is 2.43. The molecule has 1 aliphatic heterocycles. The molecule has 2 unspecified atom stereocenters. The Hall–Kier alpha value is -0.160. The van der Waals surface area contributed by atoms with E-state index in [0.717, 1.165) is 45.6 Å². The van der Waals surface area contributed by atoms with Crippen LogP contribution in [0.3, 0.4) is 0 Å². The highest BCUT2D eigenvalue weighted by molar-refractivity contribution is 4.96. The van der Waals surface area contributed by atoms with Crippen LogP contribution in [0.5, 0.6) is 0 Å². The highest BCUT2D eigenvalue weighted by Crippen LogP contribution is 2.33. The van der Waals surface area contributed by atoms with Crippen LogP contribution in [0.4, 0.5) is 0 Å². The fourth-order valence-electron chi connectivity index (χ4n) is 3.27. The van der Waals surface area contributed by atoms with Gasteiger partial charge in [0.2, 0.25) is 0 Å². The Balaban J connectivity index is 2.68. The summed E-state index contributed by atoms with van der Waals surface area (Å²) in [7, 11) is 4.27. The first-order valence-electron chi connectivity index (χ1n) is 8.16. The van der Waals surface area contributed by atoms with Crippen molar-refractivity contribution in [1.29, 1.82) is 0 Å². The number of hydrogen-bond donors (Lipinski definition) is 1. The topological polar surface area (TPSA) is 41.7 Å². The predicted octanol–water partition coefficient (Wildman–Crippen LogP) is 1.79. The highest BCUT2D eigenvalue weighted by atomic mass is 16.5. The van der Waals surface area contributed by atoms with Crippen molar-refractivity contribution in [3.05, 3.63) is 0 Å². The van der Waals surface area contributed by atoms with Gasteiger partial charge in [-0.05, 0) is 58.9 Å². The second-order valence-electron chi connectivity index (χ2n) is 6.77. The van der Waals surface area contributed by atoms with Gasteiger partial charge in [-0.2, -0.15) is 0 Å². The molecule has 0 aromatic carbocycles. The molecule has 0 aliphatic carbocycles. The minimum atomic E-state index is 0.147. The standard InChI is InChI=1S/C16H35N3O/c1-6-19(10-7-9-18(4)5)16(13-17)8-11-20-15(12-16)14(2)3/h14-15H,6-13,17H2,1-5H3. The van der Waals surface area contributed by atoms with Crippen LogP contribution in [0.25, 0.3) is 0 Å². The highest BCUT2D eigenvalue weighted by Gasteiger charge is 2.40. The van der Waals surface area contributed by atoms with Crippen molar-refractivity contribution in [2.45, 2.75) is 51.7 Å². The Kier molecular flexibility index (Phi) is 7.45. The van der Waals surface area contributed by atoms with Crippen molar-refractivity contribution in [3.63, 3.8) is 0 Å². The number of nitrogens with two attached hydrogens (primary N) is 1. The zero-order valence-corrected chi connectivity index (χ0v) is 14.2. The molecular weight excluding hydrogens is 250 g/mol. The second-order valence-corrected chi connectivity index (χ2v) is 6.77. The third-order valence-corrected chi connectivity index (χ3v) is 4.69. The van der Waals surface area contributed by atoms with Crippen LogP contribution in [-0.4, -0.2) is 68.3 Å². The third-order valence-electron chi connectivity index (χ3n) is 4.69. The molecule has 0 amide bonds. The van der Waals surface area contributed by atoms with E-state index in [1.54, 1.807) is 0 Å². The van der Waals surface area contributed by atoms with Gasteiger partial charge in [0.25, 0.3) is 0 Å². The van der Waals surface area contributed by atoms with Crippen molar-refractivity contribution in [2.75, 3.05) is 46.9 Å². The molecule has 1 fully saturated rings. The summed E-state index contributed by atoms with van der Waals surface area (Å²) in [5.41, 5.74) is 6.35. The molecule has 1 aliphatic rings. The Labute approximate surface area is 125 Å². The summed E-state index contributed by atoms with van der Waals surface area (Å²) in [5, 5.41) is 0. The van der Waals surface area contributed by atoms with E-state index in [0.29, 0.717) is 12.0 Å². The summed E-state index contributed by atoms with van der Waals surface area (Å²) >= 11 is 0. The van der Waals surface area contributed by atoms with Crippen LogP contribution in [0.15, 0.2) is 0 Å². The molecule has 1 rings (SSSR count). The van der Waals surface area contributed by atoms with Crippen molar-refractivity contribution >= 4 is 0 Å². The zero-order chi connectivity index (χ0) is 15.2. The molecule has 0 aromatic heterocycles. The summed E-state index contributed by atoms with van der Waals surface area (Å²) in [4.78, 5) is 4.86. The maximum Gasteiger partial charge on any atom is 0.0616 e. The molecule has 20 heavy (non-hydrogen) atoms. The molecule has 0 radical (unpaired) electrons. The van der Waals surface area contributed by atoms with Crippen molar-refractivity contribution in [3.8, 4) is 0 Å². The van der Waals surface area contributed by atoms with Gasteiger partial charge in [0, 0.05) is 18.7 Å². The normalized spacial score (nSPS) is 27.8. The van der Waals surface area contributed by atoms with Gasteiger partial charge in [-0.3, -0.25) is 4.90 Å². The molecular formula is C16H35N3O. The Morgan fingerprint density at radius 3 is 2.50 bits per heavy atom. The molecule has 0 bridgehead atoms. The molecule has 4 heteroatoms. The molecule has 1 saturated heterocycles. The zero-order valence-electron chi connectivity index (χ0n) is 14.2. The SMILES string of the molecule is CCN(CCCN(C)C)C1(CN)CCOC(C(C)C)C1. The fraction of sp³-hybridized carbons (Fsp3) is 1.00. The lowest BCUT2D eigenvalue weighted by Gasteiger charge is -2.48. The average molecular weight is 285 g/mol. The van der Waals surface area contributed by atoms with E-state index in [2.05, 4.69) is 44.7 Å². The van der Waals surface area contributed by atoms with Gasteiger partial charge < -0.3 is 15.4 Å². The van der Waals surface area contributed by atoms with Gasteiger partial charge in [-0.25, -0.2) is 0 Å². The minimum absolute atomic E-state index is 0.147. The Morgan fingerprint density at radius 1 is 1.30 bits per heavy atom. The van der Waals surface area contributed by atoms with Gasteiger partial charge in [-0.15, -0.1) is 0 Å². The van der Waals surface area contributed by atoms with E-state index in [1.807, 2.05) is 0 Å². The monoisotopic (exact) mass is 285 g/mol. The van der Waals surface area contributed by atoms with E-state index in [-0.39, 0.29) is 5.54 Å². The molecule has 1 heterocycles. The van der Waals surface area contributed by atoms with E-state index >= 15 is 0 Å². The Bertz CT molecular complexity index is 270. The van der Waals surface area contributed by atoms with Crippen LogP contribution in [0, 0.1) is 5.92 Å². The summed E-state index contributed by atoms with van der Waals surface area (Å²) < 4.78 is 5.94. The van der Waals surface area contributed by atoms with Gasteiger partial charge in [-0.1, -0.05) is 20.8 Å². The third kappa shape index (κ3) is 4.69. The molecule has 0 spiro atoms. The van der Waals surface area contributed by atoms with Gasteiger partial charge in [0.05, 0.1) is 6.10 Å². The molecule has 2 atom stereocenters. The van der Waals surface area contributed by atoms with Gasteiger partial charge in [0.1, 0.15) is 0 Å². The van der Waals surface area contributed by atoms with Crippen LogP contribution in [0.2, 0.25) is 0 Å². The summed E-state index contributed by atoms with van der Waals surface area (Å²) in [6.45, 7) is 11.7. The lowest BCUT2D eigenvalue weighted by atomic mass is 9.81. The number of likely N-dealkylation sites (N-methyl/N-ethyl adjacent to an activating group) is 1. The summed E-state index contributed by atoms with van der Waals surface area (Å²) in [6, 6.07) is 0. The van der Waals surface area contributed by atoms with Crippen molar-refractivity contribution < 1.29 is 4.74 Å². The van der Waals surface area contributed by atoms with Crippen LogP contribution < -0.4 is 5.73 Å². The minimum Gasteiger partial charge on any atom is -0.378 e. The maximum atomic E-state index is 6.20. The second kappa shape index (κ2) is 8.32. The Morgan fingerprint density at radius 2 is 2.00 bits per heavy atom. The maximum absolute atomic E-state index is 6.20. The van der Waals surface area contributed by atoms with E-state index < -0.39 is 0 Å². The summed E-state index contributed by atoms with van der Waals surface area (Å²) in [6.07, 6.45) is 3.71. The van der Waals surface area contributed by atoms with Gasteiger partial charge in [0.15, 0.2) is 0 Å². The van der Waals surface area contributed by atoms with Gasteiger partial charge >= 0.3 is 0 Å². The lowest BCUT2D eigenvalue weighted by molar-refractivity contribution is -0.0869. The first-order valence-corrected chi connectivity index (χ1v) is 8.16. The molecule has 0 aromatic rings. The van der Waals surface area contributed by atoms with Crippen LogP contribution in [0.1, 0.15) is 40.0 Å². The first-order chi connectivity index (χ1) is 9.45. The number of nitrogens with zero attached hydrogens (tertiary/aromatic N) is 2. The van der Waals surface area contributed by atoms with Crippen molar-refractivity contribution in [1.82, 2.24) is 9.80 Å². The summed E-state index contributed by atoms with van der Waals surface area (Å²) in [5.74, 6) is 0.571. The molecule has 4 nitrogen and oxygen atoms in total. The predicted molar refractivity (Wildman–Crippen MR) is 86.0 cm³/mol.